The lowest BCUT2D eigenvalue weighted by atomic mass is 10.1. The summed E-state index contributed by atoms with van der Waals surface area (Å²) >= 11 is 1.65. The Balaban J connectivity index is 2.09. The molecule has 0 bridgehead atoms. The summed E-state index contributed by atoms with van der Waals surface area (Å²) in [5, 5.41) is 0.975. The van der Waals surface area contributed by atoms with Gasteiger partial charge in [-0.1, -0.05) is 12.1 Å². The Bertz CT molecular complexity index is 561. The Labute approximate surface area is 123 Å². The molecule has 1 aromatic carbocycles. The summed E-state index contributed by atoms with van der Waals surface area (Å²) in [5.74, 6) is 0.119. The molecular weight excluding hydrogens is 270 g/mol. The number of thiazole rings is 1. The van der Waals surface area contributed by atoms with Crippen molar-refractivity contribution in [1.82, 2.24) is 9.88 Å². The van der Waals surface area contributed by atoms with E-state index in [1.165, 1.54) is 0 Å². The first-order chi connectivity index (χ1) is 9.49. The molecule has 0 saturated carbocycles. The van der Waals surface area contributed by atoms with Crippen molar-refractivity contribution >= 4 is 27.5 Å². The number of benzene rings is 1. The van der Waals surface area contributed by atoms with Crippen molar-refractivity contribution in [3.63, 3.8) is 0 Å². The Morgan fingerprint density at radius 2 is 2.10 bits per heavy atom. The zero-order chi connectivity index (χ0) is 14.7. The fourth-order valence-electron chi connectivity index (χ4n) is 1.98. The SMILES string of the molecule is CC(N)CCC(=O)N(C)C(C)c1nc2ccccc2s1. The number of carbonyl (C=O) groups excluding carboxylic acids is 1. The van der Waals surface area contributed by atoms with Crippen molar-refractivity contribution in [2.45, 2.75) is 38.8 Å². The first-order valence-corrected chi connectivity index (χ1v) is 7.67. The van der Waals surface area contributed by atoms with Crippen LogP contribution >= 0.6 is 11.3 Å². The molecule has 108 valence electrons. The monoisotopic (exact) mass is 291 g/mol. The van der Waals surface area contributed by atoms with Gasteiger partial charge in [-0.05, 0) is 32.4 Å². The Kier molecular flexibility index (Phi) is 4.73. The zero-order valence-corrected chi connectivity index (χ0v) is 13.0. The molecule has 1 heterocycles. The van der Waals surface area contributed by atoms with Gasteiger partial charge < -0.3 is 10.6 Å². The maximum atomic E-state index is 12.1. The standard InChI is InChI=1S/C15H21N3OS/c1-10(16)8-9-14(19)18(3)11(2)15-17-12-6-4-5-7-13(12)20-15/h4-7,10-11H,8-9,16H2,1-3H3. The molecule has 2 aromatic rings. The van der Waals surface area contributed by atoms with Gasteiger partial charge in [0, 0.05) is 19.5 Å². The second-order valence-electron chi connectivity index (χ2n) is 5.22. The van der Waals surface area contributed by atoms with Gasteiger partial charge in [-0.2, -0.15) is 0 Å². The number of nitrogens with zero attached hydrogens (tertiary/aromatic N) is 2. The highest BCUT2D eigenvalue weighted by Crippen LogP contribution is 2.29. The van der Waals surface area contributed by atoms with Crippen LogP contribution in [0.3, 0.4) is 0 Å². The number of para-hydroxylation sites is 1. The highest BCUT2D eigenvalue weighted by Gasteiger charge is 2.20. The normalized spacial score (nSPS) is 14.2. The van der Waals surface area contributed by atoms with E-state index in [0.29, 0.717) is 6.42 Å². The number of amides is 1. The lowest BCUT2D eigenvalue weighted by molar-refractivity contribution is -0.132. The molecule has 2 atom stereocenters. The van der Waals surface area contributed by atoms with E-state index in [1.807, 2.05) is 39.1 Å². The van der Waals surface area contributed by atoms with E-state index in [4.69, 9.17) is 5.73 Å². The highest BCUT2D eigenvalue weighted by molar-refractivity contribution is 7.18. The van der Waals surface area contributed by atoms with Crippen LogP contribution in [0.2, 0.25) is 0 Å². The number of fused-ring (bicyclic) bond motifs is 1. The average molecular weight is 291 g/mol. The van der Waals surface area contributed by atoms with Crippen molar-refractivity contribution in [1.29, 1.82) is 0 Å². The zero-order valence-electron chi connectivity index (χ0n) is 12.2. The smallest absolute Gasteiger partial charge is 0.222 e. The van der Waals surface area contributed by atoms with Crippen LogP contribution in [-0.4, -0.2) is 28.9 Å². The largest absolute Gasteiger partial charge is 0.337 e. The van der Waals surface area contributed by atoms with Gasteiger partial charge in [-0.25, -0.2) is 4.98 Å². The number of aromatic nitrogens is 1. The molecule has 0 aliphatic heterocycles. The maximum Gasteiger partial charge on any atom is 0.222 e. The molecule has 2 unspecified atom stereocenters. The molecular formula is C15H21N3OS. The van der Waals surface area contributed by atoms with Crippen LogP contribution in [0.25, 0.3) is 10.2 Å². The first kappa shape index (κ1) is 14.9. The second kappa shape index (κ2) is 6.33. The molecule has 1 amide bonds. The molecule has 0 spiro atoms. The molecule has 0 aliphatic carbocycles. The van der Waals surface area contributed by atoms with Crippen molar-refractivity contribution in [3.05, 3.63) is 29.3 Å². The third-order valence-corrected chi connectivity index (χ3v) is 4.66. The van der Waals surface area contributed by atoms with E-state index < -0.39 is 0 Å². The van der Waals surface area contributed by atoms with Gasteiger partial charge >= 0.3 is 0 Å². The third kappa shape index (κ3) is 3.35. The molecule has 20 heavy (non-hydrogen) atoms. The molecule has 0 fully saturated rings. The van der Waals surface area contributed by atoms with E-state index in [1.54, 1.807) is 16.2 Å². The van der Waals surface area contributed by atoms with Gasteiger partial charge in [-0.3, -0.25) is 4.79 Å². The average Bonchev–Trinajstić information content (AvgIpc) is 2.86. The minimum absolute atomic E-state index is 0.00650. The minimum Gasteiger partial charge on any atom is -0.337 e. The van der Waals surface area contributed by atoms with E-state index in [2.05, 4.69) is 11.1 Å². The highest BCUT2D eigenvalue weighted by atomic mass is 32.1. The molecule has 0 aliphatic rings. The fourth-order valence-corrected chi connectivity index (χ4v) is 3.04. The van der Waals surface area contributed by atoms with Gasteiger partial charge in [0.25, 0.3) is 0 Å². The number of nitrogens with two attached hydrogens (primary N) is 1. The van der Waals surface area contributed by atoms with Gasteiger partial charge in [0.15, 0.2) is 0 Å². The van der Waals surface area contributed by atoms with Gasteiger partial charge in [0.05, 0.1) is 16.3 Å². The van der Waals surface area contributed by atoms with Crippen LogP contribution in [0.5, 0.6) is 0 Å². The molecule has 0 radical (unpaired) electrons. The number of carbonyl (C=O) groups is 1. The topological polar surface area (TPSA) is 59.2 Å². The van der Waals surface area contributed by atoms with Crippen molar-refractivity contribution in [2.75, 3.05) is 7.05 Å². The summed E-state index contributed by atoms with van der Waals surface area (Å²) in [5.41, 5.74) is 6.69. The van der Waals surface area contributed by atoms with Crippen molar-refractivity contribution < 1.29 is 4.79 Å². The van der Waals surface area contributed by atoms with E-state index in [9.17, 15) is 4.79 Å². The summed E-state index contributed by atoms with van der Waals surface area (Å²) in [4.78, 5) is 18.5. The van der Waals surface area contributed by atoms with Crippen molar-refractivity contribution in [2.24, 2.45) is 5.73 Å². The van der Waals surface area contributed by atoms with Gasteiger partial charge in [-0.15, -0.1) is 11.3 Å². The summed E-state index contributed by atoms with van der Waals surface area (Å²) in [6.07, 6.45) is 1.21. The van der Waals surface area contributed by atoms with Crippen LogP contribution < -0.4 is 5.73 Å². The van der Waals surface area contributed by atoms with E-state index in [0.717, 1.165) is 21.6 Å². The number of rotatable bonds is 5. The lowest BCUT2D eigenvalue weighted by Gasteiger charge is -2.23. The summed E-state index contributed by atoms with van der Waals surface area (Å²) in [6, 6.07) is 8.10. The molecule has 1 aromatic heterocycles. The van der Waals surface area contributed by atoms with Crippen molar-refractivity contribution in [3.8, 4) is 0 Å². The first-order valence-electron chi connectivity index (χ1n) is 6.85. The van der Waals surface area contributed by atoms with Crippen LogP contribution in [0, 0.1) is 0 Å². The Hall–Kier alpha value is -1.46. The Morgan fingerprint density at radius 1 is 1.40 bits per heavy atom. The van der Waals surface area contributed by atoms with Crippen LogP contribution in [0.15, 0.2) is 24.3 Å². The molecule has 4 nitrogen and oxygen atoms in total. The molecule has 2 rings (SSSR count). The molecule has 2 N–H and O–H groups in total. The predicted molar refractivity (Wildman–Crippen MR) is 83.7 cm³/mol. The maximum absolute atomic E-state index is 12.1. The number of hydrogen-bond donors (Lipinski definition) is 1. The summed E-state index contributed by atoms with van der Waals surface area (Å²) in [6.45, 7) is 3.94. The summed E-state index contributed by atoms with van der Waals surface area (Å²) < 4.78 is 1.16. The van der Waals surface area contributed by atoms with Crippen LogP contribution in [-0.2, 0) is 4.79 Å². The van der Waals surface area contributed by atoms with Gasteiger partial charge in [0.2, 0.25) is 5.91 Å². The van der Waals surface area contributed by atoms with E-state index in [-0.39, 0.29) is 18.0 Å². The number of hydrogen-bond acceptors (Lipinski definition) is 4. The van der Waals surface area contributed by atoms with Gasteiger partial charge in [0.1, 0.15) is 5.01 Å². The third-order valence-electron chi connectivity index (χ3n) is 3.46. The lowest BCUT2D eigenvalue weighted by Crippen LogP contribution is -2.30. The van der Waals surface area contributed by atoms with Crippen LogP contribution in [0.4, 0.5) is 0 Å². The second-order valence-corrected chi connectivity index (χ2v) is 6.28. The Morgan fingerprint density at radius 3 is 2.75 bits per heavy atom. The van der Waals surface area contributed by atoms with E-state index >= 15 is 0 Å². The fraction of sp³-hybridized carbons (Fsp3) is 0.467. The minimum atomic E-state index is -0.00650. The molecule has 0 saturated heterocycles. The quantitative estimate of drug-likeness (QED) is 0.921. The summed E-state index contributed by atoms with van der Waals surface area (Å²) in [7, 11) is 1.83. The predicted octanol–water partition coefficient (Wildman–Crippen LogP) is 2.94. The molecule has 5 heteroatoms. The van der Waals surface area contributed by atoms with Crippen LogP contribution in [0.1, 0.15) is 37.7 Å².